The average molecular weight is 527 g/mol. The van der Waals surface area contributed by atoms with Gasteiger partial charge in [-0.05, 0) is 98.5 Å². The van der Waals surface area contributed by atoms with Crippen LogP contribution in [0.3, 0.4) is 0 Å². The van der Waals surface area contributed by atoms with Crippen molar-refractivity contribution in [3.63, 3.8) is 0 Å². The number of rotatable bonds is 6. The van der Waals surface area contributed by atoms with Crippen molar-refractivity contribution in [2.45, 2.75) is 97.9 Å². The van der Waals surface area contributed by atoms with Crippen LogP contribution in [-0.4, -0.2) is 16.7 Å². The number of carbonyl (C=O) groups excluding carboxylic acids is 1. The Balaban J connectivity index is 1.22. The molecule has 0 aromatic heterocycles. The van der Waals surface area contributed by atoms with Gasteiger partial charge in [0.15, 0.2) is 5.79 Å². The van der Waals surface area contributed by atoms with Gasteiger partial charge in [-0.15, -0.1) is 0 Å². The van der Waals surface area contributed by atoms with Crippen LogP contribution < -0.4 is 0 Å². The zero-order valence-electron chi connectivity index (χ0n) is 24.3. The van der Waals surface area contributed by atoms with Crippen LogP contribution >= 0.6 is 0 Å². The molecule has 0 bridgehead atoms. The molecule has 208 valence electrons. The highest BCUT2D eigenvalue weighted by molar-refractivity contribution is 5.84. The molecule has 39 heavy (non-hydrogen) atoms. The smallest absolute Gasteiger partial charge is 0.169 e. The summed E-state index contributed by atoms with van der Waals surface area (Å²) in [6, 6.07) is 19.1. The van der Waals surface area contributed by atoms with E-state index in [0.717, 1.165) is 44.1 Å². The number of hydrogen-bond donors (Lipinski definition) is 1. The molecule has 1 N–H and O–H groups in total. The number of ketones is 1. The number of hydrogen-bond acceptors (Lipinski definition) is 3. The fraction of sp³-hybridized carbons (Fsp3) is 0.583. The molecule has 4 aliphatic rings. The van der Waals surface area contributed by atoms with Gasteiger partial charge in [-0.2, -0.15) is 0 Å². The van der Waals surface area contributed by atoms with Crippen molar-refractivity contribution in [2.24, 2.45) is 34.0 Å². The maximum Gasteiger partial charge on any atom is 0.169 e. The minimum Gasteiger partial charge on any atom is -0.365 e. The van der Waals surface area contributed by atoms with E-state index in [4.69, 9.17) is 4.74 Å². The molecule has 0 radical (unpaired) electrons. The molecule has 0 spiro atoms. The molecule has 7 atom stereocenters. The Labute approximate surface area is 235 Å². The van der Waals surface area contributed by atoms with Gasteiger partial charge in [0, 0.05) is 18.3 Å². The SMILES string of the molecule is CC(=O)C1(Cc2ccccc2)CCC2C3CC=C4CC(O)(OCc5ccc(C)cc5)CCC4(C)C3CCC21C. The van der Waals surface area contributed by atoms with E-state index in [0.29, 0.717) is 43.0 Å². The number of Topliss-reactive ketones (excluding diaryl/α,β-unsaturated/α-hetero) is 1. The van der Waals surface area contributed by atoms with Gasteiger partial charge in [-0.25, -0.2) is 0 Å². The normalized spacial score (nSPS) is 39.3. The van der Waals surface area contributed by atoms with Gasteiger partial charge in [-0.1, -0.05) is 85.7 Å². The highest BCUT2D eigenvalue weighted by Gasteiger charge is 2.65. The quantitative estimate of drug-likeness (QED) is 0.307. The van der Waals surface area contributed by atoms with E-state index in [1.807, 2.05) is 6.92 Å². The van der Waals surface area contributed by atoms with Crippen LogP contribution in [0.25, 0.3) is 0 Å². The van der Waals surface area contributed by atoms with Gasteiger partial charge in [0.05, 0.1) is 6.61 Å². The second-order valence-corrected chi connectivity index (χ2v) is 14.0. The van der Waals surface area contributed by atoms with Crippen LogP contribution in [-0.2, 0) is 22.6 Å². The largest absolute Gasteiger partial charge is 0.365 e. The molecule has 3 heteroatoms. The standard InChI is InChI=1S/C36H46O3/c1-25-10-12-28(13-11-25)24-39-36(38)21-20-33(3)29(23-36)14-15-30-31(33)16-18-34(4)32(30)17-19-35(34,26(2)37)22-27-8-6-5-7-9-27/h5-14,30-32,38H,15-24H2,1-4H3. The highest BCUT2D eigenvalue weighted by atomic mass is 16.6. The van der Waals surface area contributed by atoms with Gasteiger partial charge in [0.2, 0.25) is 0 Å². The molecule has 6 rings (SSSR count). The van der Waals surface area contributed by atoms with E-state index in [1.54, 1.807) is 0 Å². The third kappa shape index (κ3) is 4.36. The first kappa shape index (κ1) is 27.0. The third-order valence-electron chi connectivity index (χ3n) is 12.1. The average Bonchev–Trinajstić information content (AvgIpc) is 3.23. The first-order valence-electron chi connectivity index (χ1n) is 15.3. The van der Waals surface area contributed by atoms with Crippen LogP contribution in [0, 0.1) is 40.9 Å². The molecule has 2 aromatic rings. The van der Waals surface area contributed by atoms with Crippen molar-refractivity contribution in [1.29, 1.82) is 0 Å². The van der Waals surface area contributed by atoms with Crippen molar-refractivity contribution in [1.82, 2.24) is 0 Å². The van der Waals surface area contributed by atoms with E-state index in [-0.39, 0.29) is 16.2 Å². The summed E-state index contributed by atoms with van der Waals surface area (Å²) in [4.78, 5) is 13.5. The van der Waals surface area contributed by atoms with Gasteiger partial charge in [0.25, 0.3) is 0 Å². The van der Waals surface area contributed by atoms with Crippen molar-refractivity contribution in [3.05, 3.63) is 82.9 Å². The fourth-order valence-corrected chi connectivity index (χ4v) is 9.71. The number of fused-ring (bicyclic) bond motifs is 5. The van der Waals surface area contributed by atoms with Crippen LogP contribution in [0.15, 0.2) is 66.2 Å². The van der Waals surface area contributed by atoms with E-state index < -0.39 is 5.79 Å². The molecule has 7 unspecified atom stereocenters. The third-order valence-corrected chi connectivity index (χ3v) is 12.1. The summed E-state index contributed by atoms with van der Waals surface area (Å²) in [5, 5.41) is 11.5. The van der Waals surface area contributed by atoms with Crippen LogP contribution in [0.2, 0.25) is 0 Å². The van der Waals surface area contributed by atoms with Crippen LogP contribution in [0.4, 0.5) is 0 Å². The van der Waals surface area contributed by atoms with Gasteiger partial charge >= 0.3 is 0 Å². The lowest BCUT2D eigenvalue weighted by Crippen LogP contribution is -2.55. The summed E-state index contributed by atoms with van der Waals surface area (Å²) < 4.78 is 6.20. The maximum absolute atomic E-state index is 13.5. The number of allylic oxidation sites excluding steroid dienone is 1. The molecule has 0 saturated heterocycles. The summed E-state index contributed by atoms with van der Waals surface area (Å²) in [5.74, 6) is 1.13. The number of ether oxygens (including phenoxy) is 1. The molecule has 4 aliphatic carbocycles. The summed E-state index contributed by atoms with van der Waals surface area (Å²) >= 11 is 0. The molecule has 0 amide bonds. The predicted molar refractivity (Wildman–Crippen MR) is 156 cm³/mol. The van der Waals surface area contributed by atoms with E-state index in [1.165, 1.54) is 23.1 Å². The Bertz CT molecular complexity index is 1250. The first-order valence-corrected chi connectivity index (χ1v) is 15.3. The topological polar surface area (TPSA) is 46.5 Å². The van der Waals surface area contributed by atoms with Gasteiger partial charge in [0.1, 0.15) is 5.78 Å². The molecule has 0 aliphatic heterocycles. The van der Waals surface area contributed by atoms with Crippen molar-refractivity contribution >= 4 is 5.78 Å². The molecular formula is C36H46O3. The number of carbonyl (C=O) groups is 1. The van der Waals surface area contributed by atoms with Crippen molar-refractivity contribution in [3.8, 4) is 0 Å². The Hall–Kier alpha value is -2.23. The molecular weight excluding hydrogens is 480 g/mol. The fourth-order valence-electron chi connectivity index (χ4n) is 9.71. The molecule has 3 fully saturated rings. The van der Waals surface area contributed by atoms with Crippen LogP contribution in [0.5, 0.6) is 0 Å². The summed E-state index contributed by atoms with van der Waals surface area (Å²) in [5.41, 5.74) is 4.95. The Morgan fingerprint density at radius 1 is 0.923 bits per heavy atom. The van der Waals surface area contributed by atoms with E-state index >= 15 is 0 Å². The molecule has 3 nitrogen and oxygen atoms in total. The zero-order chi connectivity index (χ0) is 27.5. The van der Waals surface area contributed by atoms with Crippen molar-refractivity contribution in [2.75, 3.05) is 0 Å². The lowest BCUT2D eigenvalue weighted by Gasteiger charge is -2.60. The summed E-state index contributed by atoms with van der Waals surface area (Å²) in [7, 11) is 0. The Kier molecular flexibility index (Phi) is 6.71. The molecule has 2 aromatic carbocycles. The zero-order valence-corrected chi connectivity index (χ0v) is 24.3. The second-order valence-electron chi connectivity index (χ2n) is 14.0. The first-order chi connectivity index (χ1) is 18.6. The summed E-state index contributed by atoms with van der Waals surface area (Å²) in [6.45, 7) is 9.33. The van der Waals surface area contributed by atoms with Crippen molar-refractivity contribution < 1.29 is 14.6 Å². The Morgan fingerprint density at radius 2 is 1.64 bits per heavy atom. The lowest BCUT2D eigenvalue weighted by molar-refractivity contribution is -0.231. The number of aryl methyl sites for hydroxylation is 1. The molecule has 0 heterocycles. The minimum atomic E-state index is -1.08. The lowest BCUT2D eigenvalue weighted by atomic mass is 9.44. The maximum atomic E-state index is 13.5. The minimum absolute atomic E-state index is 0.0457. The highest BCUT2D eigenvalue weighted by Crippen LogP contribution is 2.70. The van der Waals surface area contributed by atoms with Gasteiger partial charge < -0.3 is 9.84 Å². The Morgan fingerprint density at radius 3 is 2.36 bits per heavy atom. The van der Waals surface area contributed by atoms with E-state index in [2.05, 4.69) is 81.4 Å². The number of aliphatic hydroxyl groups is 1. The monoisotopic (exact) mass is 526 g/mol. The van der Waals surface area contributed by atoms with Gasteiger partial charge in [-0.3, -0.25) is 4.79 Å². The van der Waals surface area contributed by atoms with E-state index in [9.17, 15) is 9.90 Å². The predicted octanol–water partition coefficient (Wildman–Crippen LogP) is 7.98. The second kappa shape index (κ2) is 9.70. The summed E-state index contributed by atoms with van der Waals surface area (Å²) in [6.07, 6.45) is 11.2. The van der Waals surface area contributed by atoms with Crippen LogP contribution in [0.1, 0.15) is 88.8 Å². The number of benzene rings is 2. The molecule has 3 saturated carbocycles.